The Balaban J connectivity index is 1.14. The predicted octanol–water partition coefficient (Wildman–Crippen LogP) is 3.07. The fraction of sp³-hybridized carbons (Fsp3) is 0.486. The summed E-state index contributed by atoms with van der Waals surface area (Å²) in [5.41, 5.74) is 0.403. The molecule has 1 aromatic carbocycles. The van der Waals surface area contributed by atoms with Gasteiger partial charge in [0.2, 0.25) is 17.6 Å². The number of carbonyl (C=O) groups is 5. The zero-order valence-corrected chi connectivity index (χ0v) is 26.7. The first-order valence-electron chi connectivity index (χ1n) is 16.5. The Hall–Kier alpha value is -4.74. The van der Waals surface area contributed by atoms with Gasteiger partial charge in [-0.15, -0.1) is 0 Å². The topological polar surface area (TPSA) is 169 Å². The summed E-state index contributed by atoms with van der Waals surface area (Å²) in [6.07, 6.45) is 6.89. The number of hydrogen-bond acceptors (Lipinski definition) is 7. The number of aromatic nitrogens is 1. The number of aryl methyl sites for hydroxylation is 1. The highest BCUT2D eigenvalue weighted by molar-refractivity contribution is 6.36. The highest BCUT2D eigenvalue weighted by Crippen LogP contribution is 2.53. The van der Waals surface area contributed by atoms with Gasteiger partial charge in [0.05, 0.1) is 0 Å². The van der Waals surface area contributed by atoms with Crippen molar-refractivity contribution in [3.05, 3.63) is 64.3 Å². The Kier molecular flexibility index (Phi) is 9.28. The summed E-state index contributed by atoms with van der Waals surface area (Å²) in [5.74, 6) is -0.682. The minimum atomic E-state index is -1.29. The number of benzene rings is 1. The van der Waals surface area contributed by atoms with Crippen LogP contribution in [-0.4, -0.2) is 52.6 Å². The molecule has 3 aromatic rings. The molecule has 4 fully saturated rings. The Morgan fingerprint density at radius 3 is 2.34 bits per heavy atom. The van der Waals surface area contributed by atoms with Crippen molar-refractivity contribution in [1.29, 1.82) is 0 Å². The number of Topliss-reactive ketones (excluding diaryl/α,β-unsaturated/α-hetero) is 1. The summed E-state index contributed by atoms with van der Waals surface area (Å²) >= 11 is 0. The van der Waals surface area contributed by atoms with E-state index in [-0.39, 0.29) is 49.3 Å². The standard InChI is InChI=1S/C35H41N5O7/c1-3-36-33(44)27(41)11-10-25(37-34(45)31-19(2)24-7-4-5-9-28(24)47-31)32(43)38-26-8-6-12-40(35(26)46)18-29(42)39-30-22-14-20-13-21(16-22)17-23(30)15-20/h4-9,12,20-23,25,30H,3,10-11,13-18H2,1-2H3,(H,36,44)(H,37,45)(H,38,43)(H,39,42)/t20?,21?,22?,23?,25-,30?/m0/s1. The first-order valence-corrected chi connectivity index (χ1v) is 16.5. The highest BCUT2D eigenvalue weighted by Gasteiger charge is 2.48. The smallest absolute Gasteiger partial charge is 0.287 e. The van der Waals surface area contributed by atoms with E-state index < -0.39 is 35.1 Å². The molecule has 4 bridgehead atoms. The van der Waals surface area contributed by atoms with Gasteiger partial charge in [0.15, 0.2) is 5.76 Å². The molecule has 47 heavy (non-hydrogen) atoms. The van der Waals surface area contributed by atoms with E-state index in [1.54, 1.807) is 32.0 Å². The second-order valence-corrected chi connectivity index (χ2v) is 13.3. The van der Waals surface area contributed by atoms with Gasteiger partial charge in [-0.1, -0.05) is 18.2 Å². The van der Waals surface area contributed by atoms with Crippen molar-refractivity contribution in [2.24, 2.45) is 23.7 Å². The summed E-state index contributed by atoms with van der Waals surface area (Å²) in [7, 11) is 0. The lowest BCUT2D eigenvalue weighted by Crippen LogP contribution is -2.56. The molecule has 7 rings (SSSR count). The maximum absolute atomic E-state index is 13.5. The van der Waals surface area contributed by atoms with Crippen molar-refractivity contribution in [2.75, 3.05) is 11.9 Å². The second-order valence-electron chi connectivity index (χ2n) is 13.3. The molecule has 2 heterocycles. The van der Waals surface area contributed by atoms with Crippen LogP contribution in [0, 0.1) is 30.6 Å². The minimum Gasteiger partial charge on any atom is -0.451 e. The lowest BCUT2D eigenvalue weighted by atomic mass is 9.54. The van der Waals surface area contributed by atoms with E-state index >= 15 is 0 Å². The molecule has 4 N–H and O–H groups in total. The van der Waals surface area contributed by atoms with Crippen molar-refractivity contribution in [3.8, 4) is 0 Å². The number of hydrogen-bond donors (Lipinski definition) is 4. The van der Waals surface area contributed by atoms with Crippen LogP contribution in [-0.2, 0) is 25.7 Å². The number of furan rings is 1. The SMILES string of the molecule is CCNC(=O)C(=O)CC[C@H](NC(=O)c1oc2ccccc2c1C)C(=O)Nc1cccn(CC(=O)NC2C3CC4CC(C3)CC2C4)c1=O. The van der Waals surface area contributed by atoms with Crippen LogP contribution in [0.5, 0.6) is 0 Å². The normalized spacial score (nSPS) is 23.2. The summed E-state index contributed by atoms with van der Waals surface area (Å²) < 4.78 is 6.99. The lowest BCUT2D eigenvalue weighted by Gasteiger charge is -2.54. The van der Waals surface area contributed by atoms with E-state index in [0.29, 0.717) is 23.0 Å². The number of anilines is 1. The van der Waals surface area contributed by atoms with Gasteiger partial charge < -0.3 is 30.3 Å². The summed E-state index contributed by atoms with van der Waals surface area (Å²) in [6.45, 7) is 3.46. The van der Waals surface area contributed by atoms with Gasteiger partial charge in [-0.25, -0.2) is 0 Å². The van der Waals surface area contributed by atoms with Crippen LogP contribution < -0.4 is 26.8 Å². The molecule has 2 aromatic heterocycles. The third-order valence-corrected chi connectivity index (χ3v) is 10.1. The minimum absolute atomic E-state index is 0.00580. The van der Waals surface area contributed by atoms with Crippen molar-refractivity contribution >= 4 is 46.1 Å². The molecule has 4 aliphatic carbocycles. The molecule has 0 radical (unpaired) electrons. The molecule has 4 amide bonds. The van der Waals surface area contributed by atoms with Crippen LogP contribution in [0.3, 0.4) is 0 Å². The Bertz CT molecular complexity index is 1750. The van der Waals surface area contributed by atoms with E-state index in [9.17, 15) is 28.8 Å². The van der Waals surface area contributed by atoms with Crippen LogP contribution in [0.1, 0.15) is 68.0 Å². The molecule has 0 aliphatic heterocycles. The Morgan fingerprint density at radius 1 is 0.957 bits per heavy atom. The van der Waals surface area contributed by atoms with Crippen LogP contribution in [0.4, 0.5) is 5.69 Å². The van der Waals surface area contributed by atoms with Crippen LogP contribution in [0.25, 0.3) is 11.0 Å². The van der Waals surface area contributed by atoms with E-state index in [2.05, 4.69) is 21.3 Å². The molecule has 12 nitrogen and oxygen atoms in total. The maximum Gasteiger partial charge on any atom is 0.287 e. The molecule has 0 spiro atoms. The van der Waals surface area contributed by atoms with Crippen molar-refractivity contribution in [3.63, 3.8) is 0 Å². The zero-order chi connectivity index (χ0) is 33.2. The monoisotopic (exact) mass is 643 g/mol. The molecular formula is C35H41N5O7. The third-order valence-electron chi connectivity index (χ3n) is 10.1. The first kappa shape index (κ1) is 32.2. The largest absolute Gasteiger partial charge is 0.451 e. The van der Waals surface area contributed by atoms with Gasteiger partial charge in [-0.05, 0) is 94.2 Å². The number of fused-ring (bicyclic) bond motifs is 1. The predicted molar refractivity (Wildman–Crippen MR) is 173 cm³/mol. The van der Waals surface area contributed by atoms with Gasteiger partial charge in [0, 0.05) is 36.2 Å². The molecule has 4 aliphatic rings. The van der Waals surface area contributed by atoms with Crippen LogP contribution in [0.15, 0.2) is 51.8 Å². The number of amides is 4. The fourth-order valence-electron chi connectivity index (χ4n) is 8.06. The fourth-order valence-corrected chi connectivity index (χ4v) is 8.06. The number of carbonyl (C=O) groups excluding carboxylic acids is 5. The van der Waals surface area contributed by atoms with E-state index in [1.165, 1.54) is 23.3 Å². The molecular weight excluding hydrogens is 602 g/mol. The summed E-state index contributed by atoms with van der Waals surface area (Å²) in [6, 6.07) is 8.93. The molecule has 12 heteroatoms. The average Bonchev–Trinajstić information content (AvgIpc) is 3.38. The summed E-state index contributed by atoms with van der Waals surface area (Å²) in [4.78, 5) is 77.8. The number of ketones is 1. The van der Waals surface area contributed by atoms with Crippen molar-refractivity contribution in [2.45, 2.75) is 77.4 Å². The molecule has 248 valence electrons. The second kappa shape index (κ2) is 13.5. The van der Waals surface area contributed by atoms with Gasteiger partial charge in [0.1, 0.15) is 23.9 Å². The molecule has 0 saturated heterocycles. The Labute approximate surface area is 272 Å². The van der Waals surface area contributed by atoms with Gasteiger partial charge in [0.25, 0.3) is 17.4 Å². The Morgan fingerprint density at radius 2 is 1.66 bits per heavy atom. The quantitative estimate of drug-likeness (QED) is 0.220. The average molecular weight is 644 g/mol. The number of nitrogens with zero attached hydrogens (tertiary/aromatic N) is 1. The molecule has 1 atom stereocenters. The van der Waals surface area contributed by atoms with Crippen LogP contribution in [0.2, 0.25) is 0 Å². The number of rotatable bonds is 12. The molecule has 4 saturated carbocycles. The number of pyridine rings is 1. The van der Waals surface area contributed by atoms with Gasteiger partial charge in [-0.3, -0.25) is 28.8 Å². The van der Waals surface area contributed by atoms with Crippen LogP contribution >= 0.6 is 0 Å². The maximum atomic E-state index is 13.5. The zero-order valence-electron chi connectivity index (χ0n) is 26.7. The van der Waals surface area contributed by atoms with Crippen molar-refractivity contribution < 1.29 is 28.4 Å². The van der Waals surface area contributed by atoms with Gasteiger partial charge in [-0.2, -0.15) is 0 Å². The highest BCUT2D eigenvalue weighted by atomic mass is 16.3. The number of nitrogens with one attached hydrogen (secondary N) is 4. The number of para-hydroxylation sites is 1. The third kappa shape index (κ3) is 6.86. The lowest BCUT2D eigenvalue weighted by molar-refractivity contribution is -0.138. The molecule has 0 unspecified atom stereocenters. The van der Waals surface area contributed by atoms with Gasteiger partial charge >= 0.3 is 0 Å². The van der Waals surface area contributed by atoms with Crippen molar-refractivity contribution in [1.82, 2.24) is 20.5 Å². The first-order chi connectivity index (χ1) is 22.6. The summed E-state index contributed by atoms with van der Waals surface area (Å²) in [5, 5.41) is 11.6. The number of likely N-dealkylation sites (N-methyl/N-ethyl adjacent to an activating group) is 1. The van der Waals surface area contributed by atoms with E-state index in [0.717, 1.165) is 42.9 Å². The van der Waals surface area contributed by atoms with E-state index in [1.807, 2.05) is 12.1 Å². The van der Waals surface area contributed by atoms with E-state index in [4.69, 9.17) is 4.42 Å².